The lowest BCUT2D eigenvalue weighted by Gasteiger charge is -2.43. The first kappa shape index (κ1) is 97.7. The summed E-state index contributed by atoms with van der Waals surface area (Å²) in [5.41, 5.74) is 11.8. The quantitative estimate of drug-likeness (QED) is 0.0402. The van der Waals surface area contributed by atoms with Crippen LogP contribution in [0.15, 0.2) is 359 Å². The zero-order valence-corrected chi connectivity index (χ0v) is 79.0. The molecule has 688 valence electrons. The van der Waals surface area contributed by atoms with E-state index in [-0.39, 0.29) is 141 Å². The van der Waals surface area contributed by atoms with Gasteiger partial charge in [0.05, 0.1) is 72.2 Å². The van der Waals surface area contributed by atoms with Crippen LogP contribution in [-0.4, -0.2) is 129 Å². The van der Waals surface area contributed by atoms with Gasteiger partial charge in [-0.15, -0.1) is 0 Å². The zero-order valence-electron chi connectivity index (χ0n) is 75.7. The van der Waals surface area contributed by atoms with Crippen molar-refractivity contribution in [2.75, 3.05) is 54.6 Å². The summed E-state index contributed by atoms with van der Waals surface area (Å²) < 4.78 is 137. The SMILES string of the molecule is COC(=O)C[C@@H]1C[C@@H](c2ccccc2)N(S(=O)(=O)c2ccc(C)cc2)C[C@H]1c1ccccc1.COC(=O)C[C@@H]1C[C@@H](c2ccccc2)N(S(=O)(=O)c2ccc(C)cc2)C[C@H]1c1ccccc1.COC(=O)C[C@@H]1C[C@@H](c2ccccc2)N(S(=O)(=O)c2ccc(C)cc2)C[C@H]1c1ccccc1.COC(=O)C[C@@H]1C[C@@H](c2ccccc2)N(S(=O)(=O)c2ccc(C)cc2)C[C@H]1c1ccccc1. The molecule has 0 bridgehead atoms. The Morgan fingerprint density at radius 1 is 0.227 bits per heavy atom. The Morgan fingerprint density at radius 3 is 0.515 bits per heavy atom. The van der Waals surface area contributed by atoms with Crippen molar-refractivity contribution in [3.63, 3.8) is 0 Å². The molecule has 4 fully saturated rings. The first-order chi connectivity index (χ1) is 63.6. The fourth-order valence-corrected chi connectivity index (χ4v) is 25.5. The molecule has 12 atom stereocenters. The van der Waals surface area contributed by atoms with Crippen molar-refractivity contribution < 1.29 is 71.8 Å². The number of benzene rings is 12. The topological polar surface area (TPSA) is 255 Å². The first-order valence-corrected chi connectivity index (χ1v) is 50.4. The van der Waals surface area contributed by atoms with E-state index in [0.717, 1.165) is 66.8 Å². The summed E-state index contributed by atoms with van der Waals surface area (Å²) in [4.78, 5) is 50.2. The molecule has 0 aliphatic carbocycles. The zero-order chi connectivity index (χ0) is 93.7. The summed E-state index contributed by atoms with van der Waals surface area (Å²) in [6.07, 6.45) is 3.12. The maximum absolute atomic E-state index is 13.9. The summed E-state index contributed by atoms with van der Waals surface area (Å²) >= 11 is 0. The van der Waals surface area contributed by atoms with E-state index in [0.29, 0.717) is 51.9 Å². The molecule has 4 heterocycles. The van der Waals surface area contributed by atoms with Crippen molar-refractivity contribution in [1.29, 1.82) is 0 Å². The number of methoxy groups -OCH3 is 4. The van der Waals surface area contributed by atoms with Crippen LogP contribution in [0.2, 0.25) is 0 Å². The molecule has 4 aliphatic rings. The minimum absolute atomic E-state index is 0.0467. The number of rotatable bonds is 24. The van der Waals surface area contributed by atoms with E-state index in [1.54, 1.807) is 65.8 Å². The number of hydrogen-bond acceptors (Lipinski definition) is 16. The Kier molecular flexibility index (Phi) is 33.3. The van der Waals surface area contributed by atoms with E-state index < -0.39 is 40.1 Å². The standard InChI is InChI=1S/4C27H29NO4S/c4*1-20-13-15-24(16-14-20)33(30,31)28-19-25(21-9-5-3-6-10-21)23(18-27(29)32-2)17-26(28)22-11-7-4-8-12-22/h4*3-16,23,25-26H,17-19H2,1-2H3/t4*23-,25-,26-/m0000/s1. The number of sulfonamides is 4. The molecule has 0 unspecified atom stereocenters. The lowest BCUT2D eigenvalue weighted by molar-refractivity contribution is -0.143. The van der Waals surface area contributed by atoms with Crippen LogP contribution in [0.3, 0.4) is 0 Å². The van der Waals surface area contributed by atoms with Gasteiger partial charge in [-0.05, 0) is 170 Å². The Labute approximate surface area is 778 Å². The highest BCUT2D eigenvalue weighted by Crippen LogP contribution is 2.51. The van der Waals surface area contributed by atoms with Gasteiger partial charge in [-0.3, -0.25) is 19.2 Å². The summed E-state index contributed by atoms with van der Waals surface area (Å²) in [5.74, 6) is -1.77. The van der Waals surface area contributed by atoms with Crippen molar-refractivity contribution in [1.82, 2.24) is 17.2 Å². The summed E-state index contributed by atoms with van der Waals surface area (Å²) in [6, 6.07) is 105. The van der Waals surface area contributed by atoms with Crippen molar-refractivity contribution in [2.45, 2.75) is 146 Å². The number of carbonyl (C=O) groups excluding carboxylic acids is 4. The van der Waals surface area contributed by atoms with Gasteiger partial charge < -0.3 is 18.9 Å². The molecule has 0 radical (unpaired) electrons. The van der Waals surface area contributed by atoms with Gasteiger partial charge in [0.2, 0.25) is 40.1 Å². The maximum Gasteiger partial charge on any atom is 0.305 e. The van der Waals surface area contributed by atoms with Crippen molar-refractivity contribution in [3.05, 3.63) is 406 Å². The summed E-state index contributed by atoms with van der Waals surface area (Å²) in [6.45, 7) is 8.92. The molecule has 12 aromatic rings. The number of carbonyl (C=O) groups is 4. The van der Waals surface area contributed by atoms with Gasteiger partial charge in [0.1, 0.15) is 0 Å². The molecule has 4 saturated heterocycles. The molecule has 0 amide bonds. The van der Waals surface area contributed by atoms with Gasteiger partial charge in [-0.1, -0.05) is 313 Å². The van der Waals surface area contributed by atoms with Crippen LogP contribution in [0.25, 0.3) is 0 Å². The van der Waals surface area contributed by atoms with Gasteiger partial charge in [-0.25, -0.2) is 33.7 Å². The monoisotopic (exact) mass is 1850 g/mol. The molecule has 132 heavy (non-hydrogen) atoms. The highest BCUT2D eigenvalue weighted by molar-refractivity contribution is 7.90. The van der Waals surface area contributed by atoms with Crippen LogP contribution in [0, 0.1) is 51.4 Å². The Morgan fingerprint density at radius 2 is 0.371 bits per heavy atom. The number of esters is 4. The smallest absolute Gasteiger partial charge is 0.305 e. The minimum atomic E-state index is -3.76. The molecule has 0 N–H and O–H groups in total. The second-order valence-corrected chi connectivity index (χ2v) is 42.0. The van der Waals surface area contributed by atoms with Crippen LogP contribution in [0.4, 0.5) is 0 Å². The van der Waals surface area contributed by atoms with Crippen LogP contribution in [0.1, 0.15) is 166 Å². The van der Waals surface area contributed by atoms with Crippen molar-refractivity contribution in [3.8, 4) is 0 Å². The van der Waals surface area contributed by atoms with Crippen molar-refractivity contribution >= 4 is 64.0 Å². The first-order valence-electron chi connectivity index (χ1n) is 44.6. The van der Waals surface area contributed by atoms with Gasteiger partial charge in [0.25, 0.3) is 0 Å². The molecule has 24 heteroatoms. The van der Waals surface area contributed by atoms with Gasteiger partial charge >= 0.3 is 23.9 Å². The number of piperidine rings is 4. The van der Waals surface area contributed by atoms with Crippen molar-refractivity contribution in [2.24, 2.45) is 23.7 Å². The van der Waals surface area contributed by atoms with Gasteiger partial charge in [0.15, 0.2) is 0 Å². The fraction of sp³-hybridized carbons (Fsp3) is 0.296. The fourth-order valence-electron chi connectivity index (χ4n) is 18.9. The lowest BCUT2D eigenvalue weighted by Crippen LogP contribution is -2.45. The van der Waals surface area contributed by atoms with E-state index in [9.17, 15) is 52.8 Å². The molecule has 16 rings (SSSR count). The van der Waals surface area contributed by atoms with E-state index in [2.05, 4.69) is 0 Å². The molecule has 0 saturated carbocycles. The number of hydrogen-bond donors (Lipinski definition) is 0. The third-order valence-corrected chi connectivity index (χ3v) is 33.6. The molecular weight excluding hydrogens is 1740 g/mol. The molecule has 12 aromatic carbocycles. The van der Waals surface area contributed by atoms with Crippen LogP contribution in [-0.2, 0) is 78.2 Å². The molecule has 4 aliphatic heterocycles. The van der Waals surface area contributed by atoms with E-state index in [1.807, 2.05) is 319 Å². The number of ether oxygens (including phenoxy) is 4. The Bertz CT molecular complexity index is 5480. The normalized spacial score (nSPS) is 21.5. The average molecular weight is 1850 g/mol. The van der Waals surface area contributed by atoms with E-state index in [1.165, 1.54) is 28.4 Å². The predicted molar refractivity (Wildman–Crippen MR) is 513 cm³/mol. The second kappa shape index (κ2) is 45.1. The van der Waals surface area contributed by atoms with E-state index >= 15 is 0 Å². The third kappa shape index (κ3) is 24.0. The summed E-state index contributed by atoms with van der Waals surface area (Å²) in [7, 11) is -9.45. The molecule has 20 nitrogen and oxygen atoms in total. The highest BCUT2D eigenvalue weighted by Gasteiger charge is 2.49. The number of aryl methyl sites for hydroxylation is 4. The molecular formula is C108H116N4O16S4. The maximum atomic E-state index is 13.9. The average Bonchev–Trinajstić information content (AvgIpc) is 0.769. The minimum Gasteiger partial charge on any atom is -0.469 e. The lowest BCUT2D eigenvalue weighted by atomic mass is 9.76. The van der Waals surface area contributed by atoms with Gasteiger partial charge in [-0.2, -0.15) is 17.2 Å². The highest BCUT2D eigenvalue weighted by atomic mass is 32.2. The Balaban J connectivity index is 0.000000150. The second-order valence-electron chi connectivity index (χ2n) is 34.4. The number of nitrogens with zero attached hydrogens (tertiary/aromatic N) is 4. The van der Waals surface area contributed by atoms with Crippen LogP contribution >= 0.6 is 0 Å². The van der Waals surface area contributed by atoms with E-state index in [4.69, 9.17) is 18.9 Å². The largest absolute Gasteiger partial charge is 0.469 e. The van der Waals surface area contributed by atoms with Gasteiger partial charge in [0, 0.05) is 75.5 Å². The predicted octanol–water partition coefficient (Wildman–Crippen LogP) is 20.4. The van der Waals surface area contributed by atoms with Crippen LogP contribution in [0.5, 0.6) is 0 Å². The molecule has 0 spiro atoms. The third-order valence-electron chi connectivity index (χ3n) is 26.1. The van der Waals surface area contributed by atoms with Crippen LogP contribution < -0.4 is 0 Å². The Hall–Kier alpha value is -11.8. The molecule has 0 aromatic heterocycles. The summed E-state index contributed by atoms with van der Waals surface area (Å²) in [5, 5.41) is 0.